The highest BCUT2D eigenvalue weighted by Gasteiger charge is 2.30. The Kier molecular flexibility index (Phi) is 2.17. The molecule has 0 aromatic rings. The van der Waals surface area contributed by atoms with Crippen LogP contribution in [0.1, 0.15) is 6.92 Å². The van der Waals surface area contributed by atoms with Gasteiger partial charge in [0.05, 0.1) is 14.1 Å². The number of quaternary nitrogens is 1. The molecule has 0 spiro atoms. The second kappa shape index (κ2) is 2.33. The first-order chi connectivity index (χ1) is 3.89. The van der Waals surface area contributed by atoms with Crippen LogP contribution in [-0.2, 0) is 0 Å². The maximum atomic E-state index is 10.3. The molecule has 0 saturated heterocycles. The lowest BCUT2D eigenvalue weighted by Crippen LogP contribution is -2.51. The van der Waals surface area contributed by atoms with Gasteiger partial charge in [-0.15, -0.1) is 0 Å². The third-order valence-electron chi connectivity index (χ3n) is 1.43. The fourth-order valence-corrected chi connectivity index (χ4v) is 0.160. The highest BCUT2D eigenvalue weighted by Crippen LogP contribution is 2.02. The van der Waals surface area contributed by atoms with Crippen LogP contribution in [0.5, 0.6) is 0 Å². The van der Waals surface area contributed by atoms with E-state index in [1.165, 1.54) is 21.0 Å². The number of carbonyl (C=O) groups is 1. The van der Waals surface area contributed by atoms with Gasteiger partial charge in [0.1, 0.15) is 0 Å². The number of hydrogen-bond acceptors (Lipinski definition) is 2. The van der Waals surface area contributed by atoms with Crippen molar-refractivity contribution >= 4 is 6.09 Å². The first-order valence-electron chi connectivity index (χ1n) is 2.64. The van der Waals surface area contributed by atoms with E-state index in [1.54, 1.807) is 0 Å². The number of rotatable bonds is 1. The Morgan fingerprint density at radius 3 is 1.89 bits per heavy atom. The quantitative estimate of drug-likeness (QED) is 0.394. The van der Waals surface area contributed by atoms with Crippen LogP contribution in [0.4, 0.5) is 4.79 Å². The molecule has 0 aliphatic carbocycles. The molecule has 9 heavy (non-hydrogen) atoms. The number of nitrogens with zero attached hydrogens (tertiary/aromatic N) is 1. The van der Waals surface area contributed by atoms with Crippen LogP contribution in [-0.4, -0.2) is 41.1 Å². The Morgan fingerprint density at radius 1 is 1.56 bits per heavy atom. The van der Waals surface area contributed by atoms with Crippen LogP contribution in [0.2, 0.25) is 0 Å². The van der Waals surface area contributed by atoms with E-state index in [2.05, 4.69) is 0 Å². The Hall–Kier alpha value is -0.610. The van der Waals surface area contributed by atoms with Crippen LogP contribution in [0.15, 0.2) is 0 Å². The minimum atomic E-state index is -1.04. The molecule has 4 nitrogen and oxygen atoms in total. The molecule has 0 bridgehead atoms. The molecule has 1 atom stereocenters. The zero-order valence-corrected chi connectivity index (χ0v) is 5.83. The van der Waals surface area contributed by atoms with Gasteiger partial charge in [0.25, 0.3) is 0 Å². The van der Waals surface area contributed by atoms with Gasteiger partial charge in [-0.3, -0.25) is 0 Å². The monoisotopic (exact) mass is 134 g/mol. The van der Waals surface area contributed by atoms with Crippen molar-refractivity contribution < 1.29 is 19.5 Å². The SMILES string of the molecule is CC(O)[N+](C)(C)C(=O)O. The minimum Gasteiger partial charge on any atom is -0.435 e. The largest absolute Gasteiger partial charge is 0.515 e. The summed E-state index contributed by atoms with van der Waals surface area (Å²) in [5.41, 5.74) is 0. The molecule has 0 rings (SSSR count). The Bertz CT molecular complexity index is 119. The van der Waals surface area contributed by atoms with E-state index in [-0.39, 0.29) is 0 Å². The second-order valence-electron chi connectivity index (χ2n) is 2.45. The molecule has 0 aliphatic heterocycles. The van der Waals surface area contributed by atoms with Crippen LogP contribution < -0.4 is 0 Å². The highest BCUT2D eigenvalue weighted by molar-refractivity contribution is 5.56. The van der Waals surface area contributed by atoms with Crippen LogP contribution >= 0.6 is 0 Å². The van der Waals surface area contributed by atoms with Gasteiger partial charge in [0, 0.05) is 6.92 Å². The zero-order valence-electron chi connectivity index (χ0n) is 5.83. The lowest BCUT2D eigenvalue weighted by Gasteiger charge is -2.25. The predicted molar refractivity (Wildman–Crippen MR) is 31.8 cm³/mol. The third kappa shape index (κ3) is 1.65. The van der Waals surface area contributed by atoms with Crippen molar-refractivity contribution in [2.75, 3.05) is 14.1 Å². The summed E-state index contributed by atoms with van der Waals surface area (Å²) >= 11 is 0. The van der Waals surface area contributed by atoms with Gasteiger partial charge < -0.3 is 10.2 Å². The summed E-state index contributed by atoms with van der Waals surface area (Å²) in [6.07, 6.45) is -1.91. The first kappa shape index (κ1) is 8.39. The number of hydrogen-bond donors (Lipinski definition) is 2. The van der Waals surface area contributed by atoms with Crippen molar-refractivity contribution in [2.45, 2.75) is 13.2 Å². The average molecular weight is 134 g/mol. The molecular weight excluding hydrogens is 122 g/mol. The average Bonchev–Trinajstić information content (AvgIpc) is 1.65. The summed E-state index contributed by atoms with van der Waals surface area (Å²) in [4.78, 5) is 10.3. The second-order valence-corrected chi connectivity index (χ2v) is 2.45. The van der Waals surface area contributed by atoms with Gasteiger partial charge in [-0.2, -0.15) is 4.79 Å². The summed E-state index contributed by atoms with van der Waals surface area (Å²) in [5.74, 6) is 0. The van der Waals surface area contributed by atoms with E-state index >= 15 is 0 Å². The molecule has 1 unspecified atom stereocenters. The lowest BCUT2D eigenvalue weighted by atomic mass is 10.5. The van der Waals surface area contributed by atoms with E-state index in [0.717, 1.165) is 0 Å². The topological polar surface area (TPSA) is 57.5 Å². The van der Waals surface area contributed by atoms with Crippen molar-refractivity contribution in [3.05, 3.63) is 0 Å². The molecule has 54 valence electrons. The van der Waals surface area contributed by atoms with Crippen molar-refractivity contribution in [1.29, 1.82) is 0 Å². The number of amides is 1. The molecule has 0 heterocycles. The van der Waals surface area contributed by atoms with E-state index in [4.69, 9.17) is 10.2 Å². The molecule has 0 aromatic carbocycles. The van der Waals surface area contributed by atoms with Gasteiger partial charge >= 0.3 is 6.09 Å². The zero-order chi connectivity index (χ0) is 7.65. The van der Waals surface area contributed by atoms with Crippen LogP contribution in [0.3, 0.4) is 0 Å². The predicted octanol–water partition coefficient (Wildman–Crippen LogP) is 0.0791. The Labute approximate surface area is 53.9 Å². The molecule has 0 saturated carbocycles. The third-order valence-corrected chi connectivity index (χ3v) is 1.43. The summed E-state index contributed by atoms with van der Waals surface area (Å²) < 4.78 is -0.417. The summed E-state index contributed by atoms with van der Waals surface area (Å²) in [6.45, 7) is 1.44. The molecule has 1 amide bonds. The van der Waals surface area contributed by atoms with Gasteiger partial charge in [0.2, 0.25) is 0 Å². The number of aliphatic hydroxyl groups is 1. The van der Waals surface area contributed by atoms with Gasteiger partial charge in [-0.1, -0.05) is 0 Å². The van der Waals surface area contributed by atoms with Gasteiger partial charge in [0.15, 0.2) is 6.23 Å². The molecule has 4 heteroatoms. The smallest absolute Gasteiger partial charge is 0.435 e. The van der Waals surface area contributed by atoms with Crippen molar-refractivity contribution in [3.63, 3.8) is 0 Å². The van der Waals surface area contributed by atoms with E-state index in [9.17, 15) is 4.79 Å². The lowest BCUT2D eigenvalue weighted by molar-refractivity contribution is -0.865. The van der Waals surface area contributed by atoms with Crippen molar-refractivity contribution in [2.24, 2.45) is 0 Å². The summed E-state index contributed by atoms with van der Waals surface area (Å²) in [5, 5.41) is 17.3. The summed E-state index contributed by atoms with van der Waals surface area (Å²) in [7, 11) is 2.85. The Morgan fingerprint density at radius 2 is 1.89 bits per heavy atom. The molecule has 0 aliphatic rings. The first-order valence-corrected chi connectivity index (χ1v) is 2.64. The molecular formula is C5H12NO3+. The summed E-state index contributed by atoms with van der Waals surface area (Å²) in [6, 6.07) is 0. The molecule has 2 N–H and O–H groups in total. The van der Waals surface area contributed by atoms with Crippen molar-refractivity contribution in [1.82, 2.24) is 0 Å². The van der Waals surface area contributed by atoms with Gasteiger partial charge in [-0.25, -0.2) is 4.48 Å². The van der Waals surface area contributed by atoms with Gasteiger partial charge in [-0.05, 0) is 0 Å². The number of carboxylic acid groups (broad SMARTS) is 1. The van der Waals surface area contributed by atoms with E-state index in [0.29, 0.717) is 0 Å². The maximum absolute atomic E-state index is 10.3. The standard InChI is InChI=1S/C5H11NO3/c1-4(7)6(2,3)5(8)9/h4,7H,1-3H3/p+1. The van der Waals surface area contributed by atoms with Crippen molar-refractivity contribution in [3.8, 4) is 0 Å². The highest BCUT2D eigenvalue weighted by atomic mass is 16.4. The molecule has 0 radical (unpaired) electrons. The van der Waals surface area contributed by atoms with E-state index in [1.807, 2.05) is 0 Å². The van der Waals surface area contributed by atoms with E-state index < -0.39 is 16.8 Å². The molecule has 0 aromatic heterocycles. The Balaban J connectivity index is 4.19. The van der Waals surface area contributed by atoms with Crippen LogP contribution in [0.25, 0.3) is 0 Å². The fourth-order valence-electron chi connectivity index (χ4n) is 0.160. The maximum Gasteiger partial charge on any atom is 0.515 e. The fraction of sp³-hybridized carbons (Fsp3) is 0.800. The van der Waals surface area contributed by atoms with Crippen LogP contribution in [0, 0.1) is 0 Å². The normalized spacial score (nSPS) is 15.1. The number of aliphatic hydroxyl groups excluding tert-OH is 1. The molecule has 0 fully saturated rings. The minimum absolute atomic E-state index is 0.417.